The average Bonchev–Trinajstić information content (AvgIpc) is 3.03. The summed E-state index contributed by atoms with van der Waals surface area (Å²) in [6.45, 7) is 2.09. The topological polar surface area (TPSA) is 73.9 Å². The molecular weight excluding hydrogens is 204 g/mol. The number of aromatic nitrogens is 3. The third-order valence-electron chi connectivity index (χ3n) is 2.75. The molecule has 2 rings (SSSR count). The van der Waals surface area contributed by atoms with Crippen LogP contribution in [0.2, 0.25) is 0 Å². The second-order valence-electron chi connectivity index (χ2n) is 4.21. The minimum atomic E-state index is -0.0130. The van der Waals surface area contributed by atoms with Gasteiger partial charge in [-0.1, -0.05) is 6.92 Å². The van der Waals surface area contributed by atoms with Crippen molar-refractivity contribution in [2.45, 2.75) is 38.7 Å². The zero-order chi connectivity index (χ0) is 11.5. The Morgan fingerprint density at radius 2 is 2.12 bits per heavy atom. The number of rotatable bonds is 5. The fourth-order valence-electron chi connectivity index (χ4n) is 1.83. The van der Waals surface area contributed by atoms with Gasteiger partial charge in [-0.15, -0.1) is 0 Å². The van der Waals surface area contributed by atoms with Crippen LogP contribution in [-0.4, -0.2) is 22.1 Å². The normalized spacial score (nSPS) is 17.4. The molecule has 0 saturated heterocycles. The van der Waals surface area contributed by atoms with Crippen molar-refractivity contribution in [3.63, 3.8) is 0 Å². The maximum atomic E-state index is 5.68. The molecule has 0 aliphatic heterocycles. The van der Waals surface area contributed by atoms with Crippen molar-refractivity contribution in [3.05, 3.63) is 11.6 Å². The van der Waals surface area contributed by atoms with Crippen LogP contribution in [0.3, 0.4) is 0 Å². The third kappa shape index (κ3) is 2.47. The van der Waals surface area contributed by atoms with E-state index in [2.05, 4.69) is 21.9 Å². The first-order valence-electron chi connectivity index (χ1n) is 5.77. The van der Waals surface area contributed by atoms with Crippen LogP contribution in [0.5, 0.6) is 0 Å². The zero-order valence-corrected chi connectivity index (χ0v) is 9.81. The highest BCUT2D eigenvalue weighted by Crippen LogP contribution is 2.41. The van der Waals surface area contributed by atoms with E-state index < -0.39 is 0 Å². The molecule has 0 amide bonds. The van der Waals surface area contributed by atoms with Gasteiger partial charge >= 0.3 is 0 Å². The Balaban J connectivity index is 2.24. The van der Waals surface area contributed by atoms with Crippen molar-refractivity contribution >= 4 is 5.95 Å². The lowest BCUT2D eigenvalue weighted by atomic mass is 10.2. The second-order valence-corrected chi connectivity index (χ2v) is 4.21. The van der Waals surface area contributed by atoms with E-state index in [1.165, 1.54) is 12.8 Å². The molecule has 1 aliphatic carbocycles. The fourth-order valence-corrected chi connectivity index (χ4v) is 1.83. The number of hydrogen-bond acceptors (Lipinski definition) is 5. The second kappa shape index (κ2) is 4.74. The van der Waals surface area contributed by atoms with E-state index in [1.807, 2.05) is 0 Å². The van der Waals surface area contributed by atoms with E-state index in [4.69, 9.17) is 10.5 Å². The van der Waals surface area contributed by atoms with Gasteiger partial charge in [0.05, 0.1) is 0 Å². The van der Waals surface area contributed by atoms with Gasteiger partial charge in [-0.3, -0.25) is 0 Å². The molecule has 0 aromatic carbocycles. The number of aryl methyl sites for hydroxylation is 1. The van der Waals surface area contributed by atoms with Gasteiger partial charge in [-0.25, -0.2) is 4.98 Å². The number of anilines is 1. The first-order valence-corrected chi connectivity index (χ1v) is 5.77. The van der Waals surface area contributed by atoms with E-state index in [-0.39, 0.29) is 6.10 Å². The molecule has 1 unspecified atom stereocenters. The molecule has 1 atom stereocenters. The molecule has 0 spiro atoms. The molecule has 2 N–H and O–H groups in total. The number of ether oxygens (including phenoxy) is 1. The summed E-state index contributed by atoms with van der Waals surface area (Å²) < 4.78 is 5.44. The number of nitrogens with zero attached hydrogens (tertiary/aromatic N) is 3. The van der Waals surface area contributed by atoms with Crippen molar-refractivity contribution in [1.82, 2.24) is 15.0 Å². The minimum Gasteiger partial charge on any atom is -0.373 e. The van der Waals surface area contributed by atoms with Crippen molar-refractivity contribution < 1.29 is 4.74 Å². The zero-order valence-electron chi connectivity index (χ0n) is 9.81. The molecule has 16 heavy (non-hydrogen) atoms. The Bertz CT molecular complexity index is 365. The Kier molecular flexibility index (Phi) is 3.33. The summed E-state index contributed by atoms with van der Waals surface area (Å²) in [7, 11) is 1.70. The van der Waals surface area contributed by atoms with Crippen LogP contribution in [0, 0.1) is 5.92 Å². The molecule has 1 aromatic heterocycles. The van der Waals surface area contributed by atoms with Gasteiger partial charge in [0.15, 0.2) is 5.82 Å². The van der Waals surface area contributed by atoms with Crippen LogP contribution >= 0.6 is 0 Å². The van der Waals surface area contributed by atoms with E-state index in [0.717, 1.165) is 18.7 Å². The Labute approximate surface area is 95.5 Å². The van der Waals surface area contributed by atoms with E-state index in [9.17, 15) is 0 Å². The maximum Gasteiger partial charge on any atom is 0.223 e. The van der Waals surface area contributed by atoms with Gasteiger partial charge in [-0.2, -0.15) is 9.97 Å². The predicted molar refractivity (Wildman–Crippen MR) is 60.7 cm³/mol. The molecule has 1 fully saturated rings. The molecule has 1 aliphatic rings. The SMILES string of the molecule is CCCc1nc(N)nc(C(OC)C2CC2)n1. The van der Waals surface area contributed by atoms with Crippen LogP contribution in [-0.2, 0) is 11.2 Å². The molecule has 0 radical (unpaired) electrons. The Hall–Kier alpha value is -1.23. The average molecular weight is 222 g/mol. The van der Waals surface area contributed by atoms with Crippen molar-refractivity contribution in [1.29, 1.82) is 0 Å². The number of hydrogen-bond donors (Lipinski definition) is 1. The van der Waals surface area contributed by atoms with E-state index in [0.29, 0.717) is 17.7 Å². The summed E-state index contributed by atoms with van der Waals surface area (Å²) >= 11 is 0. The molecule has 1 heterocycles. The van der Waals surface area contributed by atoms with Gasteiger partial charge in [0, 0.05) is 13.5 Å². The van der Waals surface area contributed by atoms with Crippen LogP contribution in [0.4, 0.5) is 5.95 Å². The van der Waals surface area contributed by atoms with Gasteiger partial charge in [0.2, 0.25) is 5.95 Å². The first-order chi connectivity index (χ1) is 7.74. The standard InChI is InChI=1S/C11H18N4O/c1-3-4-8-13-10(15-11(12)14-8)9(16-2)7-5-6-7/h7,9H,3-6H2,1-2H3,(H2,12,13,14,15). The highest BCUT2D eigenvalue weighted by molar-refractivity contribution is 5.17. The lowest BCUT2D eigenvalue weighted by Crippen LogP contribution is -2.13. The lowest BCUT2D eigenvalue weighted by molar-refractivity contribution is 0.0769. The van der Waals surface area contributed by atoms with Gasteiger partial charge < -0.3 is 10.5 Å². The van der Waals surface area contributed by atoms with E-state index >= 15 is 0 Å². The molecule has 1 saturated carbocycles. The van der Waals surface area contributed by atoms with Gasteiger partial charge in [0.25, 0.3) is 0 Å². The largest absolute Gasteiger partial charge is 0.373 e. The summed E-state index contributed by atoms with van der Waals surface area (Å²) in [5.41, 5.74) is 5.68. The molecule has 1 aromatic rings. The summed E-state index contributed by atoms with van der Waals surface area (Å²) in [5, 5.41) is 0. The summed E-state index contributed by atoms with van der Waals surface area (Å²) in [4.78, 5) is 12.7. The monoisotopic (exact) mass is 222 g/mol. The fraction of sp³-hybridized carbons (Fsp3) is 0.727. The Morgan fingerprint density at radius 1 is 1.38 bits per heavy atom. The highest BCUT2D eigenvalue weighted by Gasteiger charge is 2.34. The lowest BCUT2D eigenvalue weighted by Gasteiger charge is -2.13. The number of nitrogens with two attached hydrogens (primary N) is 1. The van der Waals surface area contributed by atoms with Crippen LogP contribution in [0.25, 0.3) is 0 Å². The molecular formula is C11H18N4O. The van der Waals surface area contributed by atoms with Crippen molar-refractivity contribution in [2.75, 3.05) is 12.8 Å². The van der Waals surface area contributed by atoms with Crippen molar-refractivity contribution in [2.24, 2.45) is 5.92 Å². The summed E-state index contributed by atoms with van der Waals surface area (Å²) in [5.74, 6) is 2.33. The van der Waals surface area contributed by atoms with Crippen molar-refractivity contribution in [3.8, 4) is 0 Å². The Morgan fingerprint density at radius 3 is 2.69 bits per heavy atom. The summed E-state index contributed by atoms with van der Waals surface area (Å²) in [6.07, 6.45) is 4.20. The minimum absolute atomic E-state index is 0.0130. The van der Waals surface area contributed by atoms with E-state index in [1.54, 1.807) is 7.11 Å². The molecule has 88 valence electrons. The van der Waals surface area contributed by atoms with Crippen LogP contribution < -0.4 is 5.73 Å². The van der Waals surface area contributed by atoms with Crippen LogP contribution in [0.15, 0.2) is 0 Å². The smallest absolute Gasteiger partial charge is 0.223 e. The number of methoxy groups -OCH3 is 1. The predicted octanol–water partition coefficient (Wildman–Crippen LogP) is 1.50. The van der Waals surface area contributed by atoms with Crippen LogP contribution in [0.1, 0.15) is 43.9 Å². The number of nitrogen functional groups attached to an aromatic ring is 1. The molecule has 0 bridgehead atoms. The quantitative estimate of drug-likeness (QED) is 0.817. The molecule has 5 heteroatoms. The maximum absolute atomic E-state index is 5.68. The van der Waals surface area contributed by atoms with Gasteiger partial charge in [-0.05, 0) is 25.2 Å². The van der Waals surface area contributed by atoms with Gasteiger partial charge in [0.1, 0.15) is 11.9 Å². The summed E-state index contributed by atoms with van der Waals surface area (Å²) in [6, 6.07) is 0. The third-order valence-corrected chi connectivity index (χ3v) is 2.75. The molecule has 5 nitrogen and oxygen atoms in total. The highest BCUT2D eigenvalue weighted by atomic mass is 16.5. The first kappa shape index (κ1) is 11.3.